The van der Waals surface area contributed by atoms with E-state index in [0.717, 1.165) is 11.3 Å². The second-order valence-corrected chi connectivity index (χ2v) is 2.58. The summed E-state index contributed by atoms with van der Waals surface area (Å²) in [6.07, 6.45) is 0.942. The molecule has 46 valence electrons. The third-order valence-corrected chi connectivity index (χ3v) is 1.69. The molecule has 1 heteroatoms. The Balaban J connectivity index is 2.67. The molecule has 0 unspecified atom stereocenters. The van der Waals surface area contributed by atoms with Crippen molar-refractivity contribution in [2.45, 2.75) is 13.3 Å². The first-order valence-electron chi connectivity index (χ1n) is 2.96. The van der Waals surface area contributed by atoms with Crippen molar-refractivity contribution < 1.29 is 0 Å². The van der Waals surface area contributed by atoms with E-state index >= 15 is 0 Å². The Morgan fingerprint density at radius 2 is 2.56 bits per heavy atom. The molecule has 1 aromatic rings. The van der Waals surface area contributed by atoms with Gasteiger partial charge in [-0.1, -0.05) is 24.8 Å². The van der Waals surface area contributed by atoms with Gasteiger partial charge in [0.05, 0.1) is 4.88 Å². The Hall–Kier alpha value is -0.740. The predicted molar refractivity (Wildman–Crippen MR) is 41.5 cm³/mol. The molecule has 0 atom stereocenters. The lowest BCUT2D eigenvalue weighted by molar-refractivity contribution is 1.28. The average Bonchev–Trinajstić information content (AvgIpc) is 2.34. The highest BCUT2D eigenvalue weighted by Gasteiger charge is 1.81. The van der Waals surface area contributed by atoms with Crippen molar-refractivity contribution in [2.75, 3.05) is 0 Å². The van der Waals surface area contributed by atoms with E-state index in [4.69, 9.17) is 0 Å². The first-order chi connectivity index (χ1) is 4.43. The molecule has 0 N–H and O–H groups in total. The van der Waals surface area contributed by atoms with Crippen LogP contribution in [0.15, 0.2) is 17.5 Å². The lowest BCUT2D eigenvalue weighted by Gasteiger charge is -1.72. The molecule has 0 nitrogen and oxygen atoms in total. The zero-order valence-electron chi connectivity index (χ0n) is 5.35. The highest BCUT2D eigenvalue weighted by Crippen LogP contribution is 2.05. The molecule has 0 aliphatic heterocycles. The molecule has 0 saturated heterocycles. The van der Waals surface area contributed by atoms with Gasteiger partial charge < -0.3 is 0 Å². The van der Waals surface area contributed by atoms with E-state index < -0.39 is 0 Å². The van der Waals surface area contributed by atoms with Gasteiger partial charge in [0, 0.05) is 6.42 Å². The second kappa shape index (κ2) is 3.32. The zero-order chi connectivity index (χ0) is 6.53. The van der Waals surface area contributed by atoms with Crippen molar-refractivity contribution in [1.82, 2.24) is 0 Å². The van der Waals surface area contributed by atoms with Crippen LogP contribution in [0.3, 0.4) is 0 Å². The Morgan fingerprint density at radius 3 is 3.11 bits per heavy atom. The van der Waals surface area contributed by atoms with E-state index in [2.05, 4.69) is 18.8 Å². The molecule has 0 spiro atoms. The summed E-state index contributed by atoms with van der Waals surface area (Å²) in [5.74, 6) is 6.05. The fourth-order valence-corrected chi connectivity index (χ4v) is 1.12. The van der Waals surface area contributed by atoms with Crippen LogP contribution < -0.4 is 0 Å². The largest absolute Gasteiger partial charge is 0.135 e. The first-order valence-corrected chi connectivity index (χ1v) is 3.84. The SMILES string of the molecule is CCC#Cc1cccs1. The smallest absolute Gasteiger partial charge is 0.0768 e. The van der Waals surface area contributed by atoms with Crippen LogP contribution in [0.1, 0.15) is 18.2 Å². The van der Waals surface area contributed by atoms with Gasteiger partial charge >= 0.3 is 0 Å². The normalized spacial score (nSPS) is 8.11. The summed E-state index contributed by atoms with van der Waals surface area (Å²) in [4.78, 5) is 1.16. The highest BCUT2D eigenvalue weighted by molar-refractivity contribution is 7.10. The summed E-state index contributed by atoms with van der Waals surface area (Å²) in [5.41, 5.74) is 0. The van der Waals surface area contributed by atoms with Gasteiger partial charge in [-0.25, -0.2) is 0 Å². The van der Waals surface area contributed by atoms with Crippen LogP contribution in [-0.2, 0) is 0 Å². The van der Waals surface area contributed by atoms with Crippen molar-refractivity contribution in [2.24, 2.45) is 0 Å². The van der Waals surface area contributed by atoms with Crippen molar-refractivity contribution in [3.63, 3.8) is 0 Å². The standard InChI is InChI=1S/C8H8S/c1-2-3-5-8-6-4-7-9-8/h4,6-7H,2H2,1H3. The molecule has 0 fully saturated rings. The molecule has 1 heterocycles. The molecule has 1 aromatic heterocycles. The van der Waals surface area contributed by atoms with Gasteiger partial charge in [0.1, 0.15) is 0 Å². The summed E-state index contributed by atoms with van der Waals surface area (Å²) in [5, 5.41) is 2.04. The molecule has 9 heavy (non-hydrogen) atoms. The molecule has 1 rings (SSSR count). The summed E-state index contributed by atoms with van der Waals surface area (Å²) in [6.45, 7) is 2.06. The summed E-state index contributed by atoms with van der Waals surface area (Å²) in [6, 6.07) is 4.05. The van der Waals surface area contributed by atoms with Crippen LogP contribution in [0.25, 0.3) is 0 Å². The molecular weight excluding hydrogens is 128 g/mol. The maximum Gasteiger partial charge on any atom is 0.0768 e. The molecule has 0 aliphatic rings. The van der Waals surface area contributed by atoms with Crippen molar-refractivity contribution in [1.29, 1.82) is 0 Å². The van der Waals surface area contributed by atoms with Crippen molar-refractivity contribution in [3.8, 4) is 11.8 Å². The maximum atomic E-state index is 3.04. The van der Waals surface area contributed by atoms with Gasteiger partial charge in [-0.3, -0.25) is 0 Å². The van der Waals surface area contributed by atoms with E-state index in [1.54, 1.807) is 11.3 Å². The Kier molecular flexibility index (Phi) is 2.35. The molecule has 0 amide bonds. The fraction of sp³-hybridized carbons (Fsp3) is 0.250. The predicted octanol–water partition coefficient (Wildman–Crippen LogP) is 2.51. The van der Waals surface area contributed by atoms with Crippen molar-refractivity contribution in [3.05, 3.63) is 22.4 Å². The Labute approximate surface area is 59.5 Å². The minimum absolute atomic E-state index is 0.942. The van der Waals surface area contributed by atoms with Crippen LogP contribution in [0.5, 0.6) is 0 Å². The first kappa shape index (κ1) is 6.38. The minimum atomic E-state index is 0.942. The molecule has 0 saturated carbocycles. The molecule has 0 aromatic carbocycles. The third-order valence-electron chi connectivity index (χ3n) is 0.910. The third kappa shape index (κ3) is 1.91. The zero-order valence-corrected chi connectivity index (χ0v) is 6.16. The number of hydrogen-bond acceptors (Lipinski definition) is 1. The fourth-order valence-electron chi connectivity index (χ4n) is 0.525. The average molecular weight is 136 g/mol. The molecule has 0 aliphatic carbocycles. The quantitative estimate of drug-likeness (QED) is 0.481. The Morgan fingerprint density at radius 1 is 1.67 bits per heavy atom. The van der Waals surface area contributed by atoms with Crippen LogP contribution in [0, 0.1) is 11.8 Å². The topological polar surface area (TPSA) is 0 Å². The maximum absolute atomic E-state index is 3.04. The lowest BCUT2D eigenvalue weighted by atomic mass is 10.4. The van der Waals surface area contributed by atoms with Gasteiger partial charge in [0.15, 0.2) is 0 Å². The van der Waals surface area contributed by atoms with Gasteiger partial charge in [-0.05, 0) is 11.4 Å². The van der Waals surface area contributed by atoms with Crippen molar-refractivity contribution >= 4 is 11.3 Å². The van der Waals surface area contributed by atoms with Crippen LogP contribution in [-0.4, -0.2) is 0 Å². The van der Waals surface area contributed by atoms with Gasteiger partial charge in [-0.2, -0.15) is 0 Å². The molecule has 0 radical (unpaired) electrons. The second-order valence-electron chi connectivity index (χ2n) is 1.63. The van der Waals surface area contributed by atoms with Crippen LogP contribution in [0.4, 0.5) is 0 Å². The molecule has 0 bridgehead atoms. The van der Waals surface area contributed by atoms with E-state index in [1.807, 2.05) is 17.5 Å². The monoisotopic (exact) mass is 136 g/mol. The number of hydrogen-bond donors (Lipinski definition) is 0. The number of rotatable bonds is 0. The minimum Gasteiger partial charge on any atom is -0.135 e. The van der Waals surface area contributed by atoms with Gasteiger partial charge in [-0.15, -0.1) is 11.3 Å². The van der Waals surface area contributed by atoms with Crippen LogP contribution >= 0.6 is 11.3 Å². The molecular formula is C8H8S. The lowest BCUT2D eigenvalue weighted by Crippen LogP contribution is -1.57. The summed E-state index contributed by atoms with van der Waals surface area (Å²) in [7, 11) is 0. The summed E-state index contributed by atoms with van der Waals surface area (Å²) >= 11 is 1.69. The van der Waals surface area contributed by atoms with Crippen LogP contribution in [0.2, 0.25) is 0 Å². The van der Waals surface area contributed by atoms with E-state index in [1.165, 1.54) is 0 Å². The van der Waals surface area contributed by atoms with E-state index in [9.17, 15) is 0 Å². The Bertz CT molecular complexity index is 210. The number of thiophene rings is 1. The van der Waals surface area contributed by atoms with E-state index in [0.29, 0.717) is 0 Å². The van der Waals surface area contributed by atoms with Gasteiger partial charge in [0.25, 0.3) is 0 Å². The van der Waals surface area contributed by atoms with E-state index in [-0.39, 0.29) is 0 Å². The van der Waals surface area contributed by atoms with Gasteiger partial charge in [0.2, 0.25) is 0 Å². The summed E-state index contributed by atoms with van der Waals surface area (Å²) < 4.78 is 0. The highest BCUT2D eigenvalue weighted by atomic mass is 32.1.